The molecule has 1 aromatic carbocycles. The van der Waals surface area contributed by atoms with Gasteiger partial charge >= 0.3 is 0 Å². The molecule has 0 aliphatic carbocycles. The highest BCUT2D eigenvalue weighted by atomic mass is 79.9. The van der Waals surface area contributed by atoms with E-state index in [2.05, 4.69) is 37.0 Å². The summed E-state index contributed by atoms with van der Waals surface area (Å²) in [6.07, 6.45) is 0. The van der Waals surface area contributed by atoms with E-state index in [1.54, 1.807) is 17.8 Å². The molecule has 0 fully saturated rings. The highest BCUT2D eigenvalue weighted by molar-refractivity contribution is 9.10. The van der Waals surface area contributed by atoms with E-state index >= 15 is 0 Å². The van der Waals surface area contributed by atoms with Gasteiger partial charge in [-0.15, -0.1) is 0 Å². The lowest BCUT2D eigenvalue weighted by molar-refractivity contribution is 0.627. The Morgan fingerprint density at radius 2 is 2.00 bits per heavy atom. The number of halogens is 3. The number of rotatable bonds is 1. The molecule has 0 aliphatic rings. The van der Waals surface area contributed by atoms with Gasteiger partial charge in [0.25, 0.3) is 0 Å². The minimum atomic E-state index is -0.266. The minimum Gasteiger partial charge on any atom is -0.266 e. The van der Waals surface area contributed by atoms with Crippen LogP contribution in [0, 0.1) is 12.7 Å². The third-order valence-corrected chi connectivity index (χ3v) is 3.78. The Morgan fingerprint density at radius 1 is 1.31 bits per heavy atom. The van der Waals surface area contributed by atoms with E-state index < -0.39 is 0 Å². The van der Waals surface area contributed by atoms with Crippen molar-refractivity contribution in [3.63, 3.8) is 0 Å². The Morgan fingerprint density at radius 3 is 2.50 bits per heavy atom. The Bertz CT molecular complexity index is 549. The molecule has 1 heterocycles. The highest BCUT2D eigenvalue weighted by Gasteiger charge is 2.16. The number of benzene rings is 1. The first-order chi connectivity index (χ1) is 7.50. The van der Waals surface area contributed by atoms with Crippen LogP contribution in [-0.2, 0) is 7.05 Å². The van der Waals surface area contributed by atoms with Crippen LogP contribution in [0.2, 0.25) is 0 Å². The lowest BCUT2D eigenvalue weighted by Crippen LogP contribution is -1.96. The predicted octanol–water partition coefficient (Wildman–Crippen LogP) is 4.06. The van der Waals surface area contributed by atoms with Crippen LogP contribution in [0.4, 0.5) is 4.39 Å². The molecule has 5 heteroatoms. The van der Waals surface area contributed by atoms with Gasteiger partial charge in [-0.2, -0.15) is 5.10 Å². The summed E-state index contributed by atoms with van der Waals surface area (Å²) >= 11 is 6.67. The second-order valence-electron chi connectivity index (χ2n) is 3.50. The van der Waals surface area contributed by atoms with Crippen molar-refractivity contribution < 1.29 is 4.39 Å². The van der Waals surface area contributed by atoms with Crippen molar-refractivity contribution >= 4 is 31.9 Å². The first kappa shape index (κ1) is 11.8. The normalized spacial score (nSPS) is 10.8. The van der Waals surface area contributed by atoms with Crippen molar-refractivity contribution in [1.82, 2.24) is 9.78 Å². The van der Waals surface area contributed by atoms with Crippen LogP contribution >= 0.6 is 31.9 Å². The van der Waals surface area contributed by atoms with E-state index in [1.165, 1.54) is 6.07 Å². The molecule has 0 atom stereocenters. The van der Waals surface area contributed by atoms with Crippen LogP contribution in [0.25, 0.3) is 11.3 Å². The fourth-order valence-electron chi connectivity index (χ4n) is 1.61. The Kier molecular flexibility index (Phi) is 3.17. The maximum absolute atomic E-state index is 13.8. The van der Waals surface area contributed by atoms with Crippen molar-refractivity contribution in [2.24, 2.45) is 7.05 Å². The molecule has 0 spiro atoms. The molecule has 2 nitrogen and oxygen atoms in total. The van der Waals surface area contributed by atoms with Gasteiger partial charge in [0.15, 0.2) is 0 Å². The number of aryl methyl sites for hydroxylation is 2. The largest absolute Gasteiger partial charge is 0.266 e. The number of nitrogens with zero attached hydrogens (tertiary/aromatic N) is 2. The van der Waals surface area contributed by atoms with Crippen LogP contribution in [-0.4, -0.2) is 9.78 Å². The van der Waals surface area contributed by atoms with Crippen LogP contribution in [0.3, 0.4) is 0 Å². The summed E-state index contributed by atoms with van der Waals surface area (Å²) in [6.45, 7) is 1.88. The van der Waals surface area contributed by atoms with E-state index in [4.69, 9.17) is 0 Å². The monoisotopic (exact) mass is 346 g/mol. The van der Waals surface area contributed by atoms with Gasteiger partial charge in [0.05, 0.1) is 15.9 Å². The lowest BCUT2D eigenvalue weighted by Gasteiger charge is -2.05. The highest BCUT2D eigenvalue weighted by Crippen LogP contribution is 2.32. The lowest BCUT2D eigenvalue weighted by atomic mass is 10.1. The van der Waals surface area contributed by atoms with Crippen LogP contribution in [0.5, 0.6) is 0 Å². The van der Waals surface area contributed by atoms with Gasteiger partial charge in [-0.25, -0.2) is 4.39 Å². The topological polar surface area (TPSA) is 17.8 Å². The zero-order chi connectivity index (χ0) is 11.9. The second-order valence-corrected chi connectivity index (χ2v) is 5.20. The fraction of sp³-hybridized carbons (Fsp3) is 0.182. The van der Waals surface area contributed by atoms with Gasteiger partial charge in [0.2, 0.25) is 0 Å². The summed E-state index contributed by atoms with van der Waals surface area (Å²) in [4.78, 5) is 0. The summed E-state index contributed by atoms with van der Waals surface area (Å²) in [6, 6.07) is 5.00. The summed E-state index contributed by atoms with van der Waals surface area (Å²) in [5.74, 6) is -0.266. The second kappa shape index (κ2) is 4.30. The number of aromatic nitrogens is 2. The third kappa shape index (κ3) is 1.94. The molecule has 0 saturated carbocycles. The summed E-state index contributed by atoms with van der Waals surface area (Å²) in [7, 11) is 1.80. The zero-order valence-electron chi connectivity index (χ0n) is 8.76. The smallest absolute Gasteiger partial charge is 0.133 e. The molecular formula is C11H9Br2FN2. The van der Waals surface area contributed by atoms with Gasteiger partial charge in [0.1, 0.15) is 5.82 Å². The van der Waals surface area contributed by atoms with Gasteiger partial charge in [0, 0.05) is 17.1 Å². The summed E-state index contributed by atoms with van der Waals surface area (Å²) < 4.78 is 17.0. The van der Waals surface area contributed by atoms with E-state index in [0.29, 0.717) is 5.56 Å². The Balaban J connectivity index is 2.67. The Labute approximate surface area is 110 Å². The van der Waals surface area contributed by atoms with E-state index in [-0.39, 0.29) is 5.82 Å². The molecule has 0 N–H and O–H groups in total. The molecule has 16 heavy (non-hydrogen) atoms. The molecule has 0 unspecified atom stereocenters. The van der Waals surface area contributed by atoms with Gasteiger partial charge in [-0.1, -0.05) is 15.9 Å². The number of hydrogen-bond donors (Lipinski definition) is 0. The molecule has 2 rings (SSSR count). The van der Waals surface area contributed by atoms with Crippen LogP contribution < -0.4 is 0 Å². The van der Waals surface area contributed by atoms with Gasteiger partial charge < -0.3 is 0 Å². The molecule has 0 amide bonds. The molecule has 0 saturated heterocycles. The first-order valence-corrected chi connectivity index (χ1v) is 6.24. The van der Waals surface area contributed by atoms with E-state index in [0.717, 1.165) is 20.3 Å². The van der Waals surface area contributed by atoms with Crippen LogP contribution in [0.1, 0.15) is 5.69 Å². The number of hydrogen-bond acceptors (Lipinski definition) is 1. The summed E-state index contributed by atoms with van der Waals surface area (Å²) in [5, 5.41) is 4.24. The molecule has 2 aromatic rings. The standard InChI is InChI=1S/C11H9Br2FN2/c1-6-10(13)11(16(2)15-6)8-4-3-7(12)5-9(8)14/h3-5H,1-2H3. The molecule has 0 bridgehead atoms. The average Bonchev–Trinajstić information content (AvgIpc) is 2.43. The molecular weight excluding hydrogens is 339 g/mol. The zero-order valence-corrected chi connectivity index (χ0v) is 11.9. The minimum absolute atomic E-state index is 0.266. The van der Waals surface area contributed by atoms with E-state index in [1.807, 2.05) is 13.0 Å². The van der Waals surface area contributed by atoms with Crippen molar-refractivity contribution in [3.05, 3.63) is 38.7 Å². The van der Waals surface area contributed by atoms with Crippen molar-refractivity contribution in [2.75, 3.05) is 0 Å². The molecule has 0 radical (unpaired) electrons. The molecule has 1 aromatic heterocycles. The predicted molar refractivity (Wildman–Crippen MR) is 68.7 cm³/mol. The quantitative estimate of drug-likeness (QED) is 0.760. The van der Waals surface area contributed by atoms with Gasteiger partial charge in [-0.3, -0.25) is 4.68 Å². The maximum atomic E-state index is 13.8. The summed E-state index contributed by atoms with van der Waals surface area (Å²) in [5.41, 5.74) is 2.14. The van der Waals surface area contributed by atoms with Crippen molar-refractivity contribution in [1.29, 1.82) is 0 Å². The van der Waals surface area contributed by atoms with E-state index in [9.17, 15) is 4.39 Å². The van der Waals surface area contributed by atoms with Crippen molar-refractivity contribution in [3.8, 4) is 11.3 Å². The molecule has 0 aliphatic heterocycles. The first-order valence-electron chi connectivity index (χ1n) is 4.65. The third-order valence-electron chi connectivity index (χ3n) is 2.34. The fourth-order valence-corrected chi connectivity index (χ4v) is 2.49. The molecule has 84 valence electrons. The SMILES string of the molecule is Cc1nn(C)c(-c2ccc(Br)cc2F)c1Br. The average molecular weight is 348 g/mol. The Hall–Kier alpha value is -0.680. The van der Waals surface area contributed by atoms with Gasteiger partial charge in [-0.05, 0) is 41.1 Å². The van der Waals surface area contributed by atoms with Crippen LogP contribution in [0.15, 0.2) is 27.1 Å². The van der Waals surface area contributed by atoms with Crippen molar-refractivity contribution in [2.45, 2.75) is 6.92 Å². The maximum Gasteiger partial charge on any atom is 0.133 e.